The van der Waals surface area contributed by atoms with Gasteiger partial charge in [0.15, 0.2) is 0 Å². The molecule has 3 rings (SSSR count). The largest absolute Gasteiger partial charge is 1.00 e. The van der Waals surface area contributed by atoms with Crippen LogP contribution in [0.25, 0.3) is 17.0 Å². The number of H-pyrrole nitrogens is 1. The second-order valence-electron chi connectivity index (χ2n) is 5.91. The topological polar surface area (TPSA) is 85.0 Å². The van der Waals surface area contributed by atoms with Gasteiger partial charge in [0.1, 0.15) is 0 Å². The number of aromatic nitrogens is 1. The van der Waals surface area contributed by atoms with Crippen LogP contribution in [-0.4, -0.2) is 16.9 Å². The fraction of sp³-hybridized carbons (Fsp3) is 0.0526. The van der Waals surface area contributed by atoms with Crippen molar-refractivity contribution in [1.82, 2.24) is 4.98 Å². The monoisotopic (exact) mass is 464 g/mol. The third-order valence-electron chi connectivity index (χ3n) is 3.94. The summed E-state index contributed by atoms with van der Waals surface area (Å²) in [6.45, 7) is 0. The van der Waals surface area contributed by atoms with Crippen molar-refractivity contribution in [1.29, 1.82) is 0 Å². The van der Waals surface area contributed by atoms with Crippen molar-refractivity contribution in [2.24, 2.45) is 0 Å². The Morgan fingerprint density at radius 1 is 1.10 bits per heavy atom. The molecule has 0 spiro atoms. The number of hydrogen-bond donors (Lipinski definition) is 2. The van der Waals surface area contributed by atoms with Crippen LogP contribution in [0.3, 0.4) is 0 Å². The number of hydrogen-bond acceptors (Lipinski definition) is 3. The van der Waals surface area contributed by atoms with Crippen molar-refractivity contribution in [3.8, 4) is 0 Å². The Bertz CT molecular complexity index is 1140. The minimum absolute atomic E-state index is 0. The molecular formula is C19H10Cl2F3N2NaO3. The first-order valence-corrected chi connectivity index (χ1v) is 8.70. The zero-order valence-electron chi connectivity index (χ0n) is 15.2. The van der Waals surface area contributed by atoms with Crippen LogP contribution in [0.5, 0.6) is 0 Å². The second-order valence-corrected chi connectivity index (χ2v) is 6.75. The molecule has 3 aromatic rings. The molecule has 0 saturated heterocycles. The number of amides is 1. The molecule has 0 fully saturated rings. The smallest absolute Gasteiger partial charge is 0.543 e. The summed E-state index contributed by atoms with van der Waals surface area (Å²) in [7, 11) is 0. The molecule has 1 heterocycles. The third kappa shape index (κ3) is 5.39. The van der Waals surface area contributed by atoms with E-state index in [0.29, 0.717) is 10.9 Å². The van der Waals surface area contributed by atoms with Gasteiger partial charge in [-0.2, -0.15) is 13.2 Å². The summed E-state index contributed by atoms with van der Waals surface area (Å²) in [5, 5.41) is 14.5. The Hall–Kier alpha value is -1.97. The molecule has 0 aliphatic carbocycles. The van der Waals surface area contributed by atoms with Crippen molar-refractivity contribution >= 4 is 57.7 Å². The first-order chi connectivity index (χ1) is 13.6. The molecule has 5 nitrogen and oxygen atoms in total. The number of nitrogens with one attached hydrogen (secondary N) is 2. The van der Waals surface area contributed by atoms with Gasteiger partial charge in [-0.15, -0.1) is 0 Å². The van der Waals surface area contributed by atoms with E-state index in [1.165, 1.54) is 18.2 Å². The molecule has 30 heavy (non-hydrogen) atoms. The summed E-state index contributed by atoms with van der Waals surface area (Å²) in [6, 6.07) is 6.75. The Morgan fingerprint density at radius 2 is 1.73 bits per heavy atom. The number of anilines is 1. The van der Waals surface area contributed by atoms with Gasteiger partial charge in [-0.05, 0) is 42.5 Å². The predicted molar refractivity (Wildman–Crippen MR) is 102 cm³/mol. The van der Waals surface area contributed by atoms with Gasteiger partial charge in [0.2, 0.25) is 5.91 Å². The van der Waals surface area contributed by atoms with E-state index in [1.54, 1.807) is 0 Å². The summed E-state index contributed by atoms with van der Waals surface area (Å²) in [5.74, 6) is -2.20. The standard InChI is InChI=1S/C19H11Cl2F3N2O3.Na/c20-10-7-13(21)16-12(17(18(28)29)26-14(16)8-10)5-6-15(27)25-11-3-1-9(2-4-11)19(22,23)24;/h1-8,26H,(H,25,27)(H,28,29);/q;+1/p-1/b6-5+;. The van der Waals surface area contributed by atoms with Crippen molar-refractivity contribution in [3.63, 3.8) is 0 Å². The van der Waals surface area contributed by atoms with Gasteiger partial charge in [-0.3, -0.25) is 4.79 Å². The van der Waals surface area contributed by atoms with Crippen molar-refractivity contribution in [2.75, 3.05) is 5.32 Å². The van der Waals surface area contributed by atoms with E-state index in [1.807, 2.05) is 0 Å². The Kier molecular flexibility index (Phi) is 7.65. The minimum Gasteiger partial charge on any atom is -0.543 e. The Morgan fingerprint density at radius 3 is 2.30 bits per heavy atom. The van der Waals surface area contributed by atoms with Crippen molar-refractivity contribution in [3.05, 3.63) is 69.3 Å². The van der Waals surface area contributed by atoms with E-state index in [4.69, 9.17) is 23.2 Å². The minimum atomic E-state index is -4.48. The van der Waals surface area contributed by atoms with Crippen molar-refractivity contribution in [2.45, 2.75) is 6.18 Å². The number of halogens is 5. The number of alkyl halides is 3. The summed E-state index contributed by atoms with van der Waals surface area (Å²) >= 11 is 12.0. The molecule has 0 unspecified atom stereocenters. The third-order valence-corrected chi connectivity index (χ3v) is 4.45. The number of aromatic carboxylic acids is 1. The molecule has 0 radical (unpaired) electrons. The maximum absolute atomic E-state index is 12.6. The van der Waals surface area contributed by atoms with Crippen LogP contribution in [0.4, 0.5) is 18.9 Å². The molecule has 1 amide bonds. The van der Waals surface area contributed by atoms with Crippen LogP contribution < -0.4 is 40.0 Å². The van der Waals surface area contributed by atoms with Gasteiger partial charge in [0.05, 0.1) is 22.2 Å². The van der Waals surface area contributed by atoms with Crippen LogP contribution in [0, 0.1) is 0 Å². The van der Waals surface area contributed by atoms with E-state index < -0.39 is 23.6 Å². The number of aromatic amines is 1. The number of carbonyl (C=O) groups excluding carboxylic acids is 2. The van der Waals surface area contributed by atoms with E-state index in [9.17, 15) is 27.9 Å². The quantitative estimate of drug-likeness (QED) is 0.453. The molecule has 2 N–H and O–H groups in total. The normalized spacial score (nSPS) is 11.5. The molecule has 0 atom stereocenters. The van der Waals surface area contributed by atoms with Gasteiger partial charge >= 0.3 is 35.7 Å². The molecule has 0 bridgehead atoms. The molecular weight excluding hydrogens is 455 g/mol. The van der Waals surface area contributed by atoms with Crippen LogP contribution in [0.15, 0.2) is 42.5 Å². The molecule has 0 aliphatic rings. The van der Waals surface area contributed by atoms with E-state index >= 15 is 0 Å². The SMILES string of the molecule is O=C(/C=C/c1c(C(=O)[O-])[nH]c2cc(Cl)cc(Cl)c12)Nc1ccc(C(F)(F)F)cc1.[Na+]. The van der Waals surface area contributed by atoms with Crippen LogP contribution in [0.2, 0.25) is 10.0 Å². The number of carbonyl (C=O) groups is 2. The zero-order chi connectivity index (χ0) is 21.3. The number of benzene rings is 2. The molecule has 11 heteroatoms. The predicted octanol–water partition coefficient (Wildman–Crippen LogP) is 1.51. The molecule has 0 aliphatic heterocycles. The second kappa shape index (κ2) is 9.45. The summed E-state index contributed by atoms with van der Waals surface area (Å²) in [6.07, 6.45) is -2.25. The first-order valence-electron chi connectivity index (χ1n) is 7.94. The van der Waals surface area contributed by atoms with E-state index in [0.717, 1.165) is 30.3 Å². The zero-order valence-corrected chi connectivity index (χ0v) is 18.7. The van der Waals surface area contributed by atoms with Crippen molar-refractivity contribution < 1.29 is 57.4 Å². The van der Waals surface area contributed by atoms with Crippen LogP contribution in [0.1, 0.15) is 21.6 Å². The average molecular weight is 465 g/mol. The van der Waals surface area contributed by atoms with Gasteiger partial charge in [-0.1, -0.05) is 23.2 Å². The fourth-order valence-electron chi connectivity index (χ4n) is 2.69. The fourth-order valence-corrected chi connectivity index (χ4v) is 3.28. The Balaban J connectivity index is 0.00000320. The van der Waals surface area contributed by atoms with Crippen LogP contribution in [-0.2, 0) is 11.0 Å². The number of fused-ring (bicyclic) bond motifs is 1. The summed E-state index contributed by atoms with van der Waals surface area (Å²) in [5.41, 5.74) is -0.579. The van der Waals surface area contributed by atoms with Gasteiger partial charge < -0.3 is 20.2 Å². The van der Waals surface area contributed by atoms with Gasteiger partial charge in [-0.25, -0.2) is 0 Å². The summed E-state index contributed by atoms with van der Waals surface area (Å²) < 4.78 is 37.7. The van der Waals surface area contributed by atoms with Gasteiger partial charge in [0.25, 0.3) is 0 Å². The van der Waals surface area contributed by atoms with E-state index in [-0.39, 0.29) is 56.5 Å². The number of carboxylic acids is 1. The van der Waals surface area contributed by atoms with Gasteiger partial charge in [0, 0.05) is 33.3 Å². The maximum atomic E-state index is 12.6. The molecule has 150 valence electrons. The first kappa shape index (κ1) is 24.3. The number of carboxylic acid groups (broad SMARTS) is 1. The van der Waals surface area contributed by atoms with Crippen LogP contribution >= 0.6 is 23.2 Å². The molecule has 2 aromatic carbocycles. The molecule has 0 saturated carbocycles. The van der Waals surface area contributed by atoms with E-state index in [2.05, 4.69) is 10.3 Å². The molecule has 1 aromatic heterocycles. The maximum Gasteiger partial charge on any atom is 1.00 e. The Labute approximate surface area is 200 Å². The number of rotatable bonds is 4. The average Bonchev–Trinajstić information content (AvgIpc) is 2.98. The summed E-state index contributed by atoms with van der Waals surface area (Å²) in [4.78, 5) is 26.1.